The van der Waals surface area contributed by atoms with Gasteiger partial charge in [0.05, 0.1) is 5.56 Å². The second-order valence-electron chi connectivity index (χ2n) is 3.13. The van der Waals surface area contributed by atoms with Gasteiger partial charge in [0.2, 0.25) is 0 Å². The van der Waals surface area contributed by atoms with Crippen LogP contribution in [0.1, 0.15) is 19.4 Å². The third-order valence-electron chi connectivity index (χ3n) is 2.12. The van der Waals surface area contributed by atoms with Crippen molar-refractivity contribution in [2.24, 2.45) is 10.3 Å². The van der Waals surface area contributed by atoms with Gasteiger partial charge in [-0.15, -0.1) is 11.5 Å². The van der Waals surface area contributed by atoms with Crippen LogP contribution in [-0.4, -0.2) is 18.1 Å². The van der Waals surface area contributed by atoms with E-state index >= 15 is 0 Å². The molecule has 0 saturated heterocycles. The predicted octanol–water partition coefficient (Wildman–Crippen LogP) is 3.15. The van der Waals surface area contributed by atoms with Gasteiger partial charge in [0.25, 0.3) is 0 Å². The van der Waals surface area contributed by atoms with Crippen molar-refractivity contribution in [2.75, 3.05) is 13.1 Å². The topological polar surface area (TPSA) is 28.0 Å². The van der Waals surface area contributed by atoms with E-state index in [1.165, 1.54) is 18.2 Å². The third-order valence-corrected chi connectivity index (χ3v) is 2.12. The fraction of sp³-hybridized carbons (Fsp3) is 0.333. The van der Waals surface area contributed by atoms with E-state index in [4.69, 9.17) is 6.42 Å². The first-order valence-corrected chi connectivity index (χ1v) is 5.14. The molecule has 1 rings (SSSR count). The standard InChI is InChI=1S/C12H14FN3/c1-4-10-9-11(13)7-8-12(10)14-15-16(5-2)6-3/h1,7-9H,5-6H2,2-3H3. The van der Waals surface area contributed by atoms with E-state index in [1.54, 1.807) is 5.01 Å². The van der Waals surface area contributed by atoms with Gasteiger partial charge in [0.15, 0.2) is 0 Å². The molecule has 0 N–H and O–H groups in total. The zero-order chi connectivity index (χ0) is 12.0. The first kappa shape index (κ1) is 12.2. The maximum Gasteiger partial charge on any atom is 0.124 e. The van der Waals surface area contributed by atoms with Crippen molar-refractivity contribution in [1.82, 2.24) is 5.01 Å². The summed E-state index contributed by atoms with van der Waals surface area (Å²) in [6, 6.07) is 4.12. The second-order valence-corrected chi connectivity index (χ2v) is 3.13. The van der Waals surface area contributed by atoms with Gasteiger partial charge in [-0.1, -0.05) is 11.1 Å². The average molecular weight is 219 g/mol. The molecule has 0 spiro atoms. The van der Waals surface area contributed by atoms with E-state index in [9.17, 15) is 4.39 Å². The van der Waals surface area contributed by atoms with E-state index in [0.717, 1.165) is 13.1 Å². The van der Waals surface area contributed by atoms with Crippen LogP contribution in [0.25, 0.3) is 0 Å². The van der Waals surface area contributed by atoms with Crippen LogP contribution in [0.3, 0.4) is 0 Å². The number of terminal acetylenes is 1. The van der Waals surface area contributed by atoms with Crippen molar-refractivity contribution in [3.63, 3.8) is 0 Å². The lowest BCUT2D eigenvalue weighted by atomic mass is 10.2. The van der Waals surface area contributed by atoms with Crippen LogP contribution in [0.15, 0.2) is 28.5 Å². The lowest BCUT2D eigenvalue weighted by Crippen LogP contribution is -2.14. The molecule has 4 heteroatoms. The van der Waals surface area contributed by atoms with Crippen LogP contribution in [0, 0.1) is 18.2 Å². The summed E-state index contributed by atoms with van der Waals surface area (Å²) < 4.78 is 12.9. The maximum atomic E-state index is 12.9. The molecule has 0 aliphatic heterocycles. The number of rotatable bonds is 4. The molecule has 16 heavy (non-hydrogen) atoms. The SMILES string of the molecule is C#Cc1cc(F)ccc1N=NN(CC)CC. The van der Waals surface area contributed by atoms with Gasteiger partial charge in [-0.3, -0.25) is 5.01 Å². The van der Waals surface area contributed by atoms with Gasteiger partial charge in [-0.25, -0.2) is 4.39 Å². The van der Waals surface area contributed by atoms with Crippen LogP contribution in [0.2, 0.25) is 0 Å². The van der Waals surface area contributed by atoms with E-state index in [2.05, 4.69) is 16.3 Å². The molecule has 0 fully saturated rings. The Kier molecular flexibility index (Phi) is 4.46. The summed E-state index contributed by atoms with van der Waals surface area (Å²) in [5.74, 6) is 2.02. The zero-order valence-corrected chi connectivity index (χ0v) is 9.44. The molecule has 0 aliphatic rings. The summed E-state index contributed by atoms with van der Waals surface area (Å²) in [6.45, 7) is 5.50. The second kappa shape index (κ2) is 5.86. The minimum Gasteiger partial charge on any atom is -0.279 e. The van der Waals surface area contributed by atoms with E-state index in [-0.39, 0.29) is 5.82 Å². The Labute approximate surface area is 95.0 Å². The minimum absolute atomic E-state index is 0.366. The highest BCUT2D eigenvalue weighted by Gasteiger charge is 2.01. The van der Waals surface area contributed by atoms with E-state index in [0.29, 0.717) is 11.3 Å². The molecule has 0 heterocycles. The maximum absolute atomic E-state index is 12.9. The van der Waals surface area contributed by atoms with Crippen molar-refractivity contribution >= 4 is 5.69 Å². The monoisotopic (exact) mass is 219 g/mol. The first-order valence-electron chi connectivity index (χ1n) is 5.14. The van der Waals surface area contributed by atoms with Crippen LogP contribution in [-0.2, 0) is 0 Å². The fourth-order valence-corrected chi connectivity index (χ4v) is 1.17. The molecule has 0 radical (unpaired) electrons. The highest BCUT2D eigenvalue weighted by molar-refractivity contribution is 5.53. The largest absolute Gasteiger partial charge is 0.279 e. The van der Waals surface area contributed by atoms with Crippen molar-refractivity contribution in [1.29, 1.82) is 0 Å². The van der Waals surface area contributed by atoms with Crippen molar-refractivity contribution < 1.29 is 4.39 Å². The van der Waals surface area contributed by atoms with Crippen LogP contribution in [0.4, 0.5) is 10.1 Å². The molecule has 0 unspecified atom stereocenters. The summed E-state index contributed by atoms with van der Waals surface area (Å²) >= 11 is 0. The van der Waals surface area contributed by atoms with Gasteiger partial charge in [0.1, 0.15) is 11.5 Å². The summed E-state index contributed by atoms with van der Waals surface area (Å²) in [6.07, 6.45) is 5.26. The molecule has 0 saturated carbocycles. The van der Waals surface area contributed by atoms with Gasteiger partial charge in [-0.05, 0) is 32.0 Å². The third kappa shape index (κ3) is 3.06. The smallest absolute Gasteiger partial charge is 0.124 e. The molecular formula is C12H14FN3. The Hall–Kier alpha value is -1.89. The Morgan fingerprint density at radius 1 is 1.38 bits per heavy atom. The minimum atomic E-state index is -0.366. The average Bonchev–Trinajstić information content (AvgIpc) is 2.31. The summed E-state index contributed by atoms with van der Waals surface area (Å²) in [5.41, 5.74) is 0.923. The Morgan fingerprint density at radius 2 is 2.06 bits per heavy atom. The summed E-state index contributed by atoms with van der Waals surface area (Å²) in [4.78, 5) is 0. The molecule has 1 aromatic carbocycles. The highest BCUT2D eigenvalue weighted by Crippen LogP contribution is 2.19. The summed E-state index contributed by atoms with van der Waals surface area (Å²) in [7, 11) is 0. The normalized spacial score (nSPS) is 10.4. The number of nitrogens with zero attached hydrogens (tertiary/aromatic N) is 3. The van der Waals surface area contributed by atoms with Crippen molar-refractivity contribution in [2.45, 2.75) is 13.8 Å². The summed E-state index contributed by atoms with van der Waals surface area (Å²) in [5, 5.41) is 9.79. The lowest BCUT2D eigenvalue weighted by Gasteiger charge is -2.11. The molecule has 0 atom stereocenters. The highest BCUT2D eigenvalue weighted by atomic mass is 19.1. The van der Waals surface area contributed by atoms with Gasteiger partial charge in [-0.2, -0.15) is 0 Å². The molecule has 0 amide bonds. The van der Waals surface area contributed by atoms with Crippen molar-refractivity contribution in [3.05, 3.63) is 29.6 Å². The first-order chi connectivity index (χ1) is 7.71. The van der Waals surface area contributed by atoms with Gasteiger partial charge < -0.3 is 0 Å². The van der Waals surface area contributed by atoms with Gasteiger partial charge in [0, 0.05) is 13.1 Å². The molecule has 3 nitrogen and oxygen atoms in total. The van der Waals surface area contributed by atoms with Crippen LogP contribution in [0.5, 0.6) is 0 Å². The number of benzene rings is 1. The lowest BCUT2D eigenvalue weighted by molar-refractivity contribution is 0.300. The van der Waals surface area contributed by atoms with Gasteiger partial charge >= 0.3 is 0 Å². The molecule has 1 aromatic rings. The number of hydrogen-bond acceptors (Lipinski definition) is 2. The predicted molar refractivity (Wildman–Crippen MR) is 61.8 cm³/mol. The quantitative estimate of drug-likeness (QED) is 0.434. The number of hydrogen-bond donors (Lipinski definition) is 0. The molecule has 84 valence electrons. The molecular weight excluding hydrogens is 205 g/mol. The van der Waals surface area contributed by atoms with Crippen molar-refractivity contribution in [3.8, 4) is 12.3 Å². The zero-order valence-electron chi connectivity index (χ0n) is 9.44. The van der Waals surface area contributed by atoms with Crippen LogP contribution >= 0.6 is 0 Å². The molecule has 0 bridgehead atoms. The molecule has 0 aromatic heterocycles. The fourth-order valence-electron chi connectivity index (χ4n) is 1.17. The Balaban J connectivity index is 2.93. The number of halogens is 1. The van der Waals surface area contributed by atoms with E-state index < -0.39 is 0 Å². The Morgan fingerprint density at radius 3 is 2.62 bits per heavy atom. The van der Waals surface area contributed by atoms with Crippen LogP contribution < -0.4 is 0 Å². The molecule has 0 aliphatic carbocycles. The van der Waals surface area contributed by atoms with E-state index in [1.807, 2.05) is 13.8 Å². The Bertz CT molecular complexity index is 417.